The van der Waals surface area contributed by atoms with Gasteiger partial charge in [-0.2, -0.15) is 0 Å². The van der Waals surface area contributed by atoms with Gasteiger partial charge < -0.3 is 9.97 Å². The lowest BCUT2D eigenvalue weighted by Gasteiger charge is -2.07. The number of rotatable bonds is 5. The lowest BCUT2D eigenvalue weighted by atomic mass is 9.97. The molecule has 6 rings (SSSR count). The summed E-state index contributed by atoms with van der Waals surface area (Å²) in [4.78, 5) is 41.7. The van der Waals surface area contributed by atoms with Gasteiger partial charge in [0.1, 0.15) is 22.6 Å². The van der Waals surface area contributed by atoms with Crippen LogP contribution in [0.15, 0.2) is 36.4 Å². The van der Waals surface area contributed by atoms with Crippen LogP contribution < -0.4 is 0 Å². The summed E-state index contributed by atoms with van der Waals surface area (Å²) in [7, 11) is 0. The van der Waals surface area contributed by atoms with Gasteiger partial charge in [-0.3, -0.25) is 20.2 Å². The maximum absolute atomic E-state index is 13.0. The second-order valence-corrected chi connectivity index (χ2v) is 12.0. The minimum atomic E-state index is -0.454. The van der Waals surface area contributed by atoms with Crippen LogP contribution in [-0.2, 0) is 6.42 Å². The normalized spacial score (nSPS) is 13.1. The maximum atomic E-state index is 13.0. The van der Waals surface area contributed by atoms with E-state index in [0.717, 1.165) is 55.5 Å². The lowest BCUT2D eigenvalue weighted by Crippen LogP contribution is -1.99. The Morgan fingerprint density at radius 1 is 0.652 bits per heavy atom. The summed E-state index contributed by atoms with van der Waals surface area (Å²) < 4.78 is 0. The maximum Gasteiger partial charge on any atom is 0.320 e. The van der Waals surface area contributed by atoms with Crippen molar-refractivity contribution >= 4 is 55.7 Å². The number of fused-ring (bicyclic) bond motifs is 8. The number of hydrogen-bond acceptors (Lipinski definition) is 6. The van der Waals surface area contributed by atoms with Gasteiger partial charge in [-0.25, -0.2) is 9.97 Å². The molecule has 1 aromatic carbocycles. The van der Waals surface area contributed by atoms with Crippen molar-refractivity contribution < 1.29 is 9.85 Å². The molecule has 2 aliphatic rings. The Bertz CT molecular complexity index is 2240. The molecular weight excluding hydrogens is 580 g/mol. The first-order valence-corrected chi connectivity index (χ1v) is 15.4. The number of nitro groups is 2. The van der Waals surface area contributed by atoms with Crippen molar-refractivity contribution in [3.8, 4) is 11.1 Å². The summed E-state index contributed by atoms with van der Waals surface area (Å²) in [5.41, 5.74) is 11.5. The number of aryl methyl sites for hydroxylation is 4. The van der Waals surface area contributed by atoms with Gasteiger partial charge in [0.05, 0.1) is 21.1 Å². The van der Waals surface area contributed by atoms with E-state index in [2.05, 4.69) is 9.97 Å². The van der Waals surface area contributed by atoms with Crippen LogP contribution in [-0.4, -0.2) is 29.8 Å². The van der Waals surface area contributed by atoms with Crippen LogP contribution in [0.3, 0.4) is 0 Å². The number of aromatic nitrogens is 4. The molecule has 5 heterocycles. The van der Waals surface area contributed by atoms with Crippen molar-refractivity contribution in [2.45, 2.75) is 68.2 Å². The number of nitrogens with one attached hydrogen (secondary N) is 2. The molecule has 0 amide bonds. The molecule has 3 aromatic heterocycles. The van der Waals surface area contributed by atoms with Gasteiger partial charge in [0.2, 0.25) is 0 Å². The van der Waals surface area contributed by atoms with Crippen molar-refractivity contribution in [1.82, 2.24) is 19.9 Å². The molecule has 46 heavy (non-hydrogen) atoms. The van der Waals surface area contributed by atoms with Crippen molar-refractivity contribution in [3.63, 3.8) is 0 Å². The first-order valence-electron chi connectivity index (χ1n) is 15.4. The fourth-order valence-corrected chi connectivity index (χ4v) is 6.86. The highest BCUT2D eigenvalue weighted by Gasteiger charge is 2.35. The quantitative estimate of drug-likeness (QED) is 0.169. The SMILES string of the molecule is CCC1=C(C)c2nc1c([N+](=O)[O-])c1nc(c(-c3ccccc3)c3[nH]c(cc4[nH]c(c(C)c4CC)c2[N+](=O)[O-])c(C)c3C)C(C)=C1C. The van der Waals surface area contributed by atoms with E-state index in [-0.39, 0.29) is 28.5 Å². The summed E-state index contributed by atoms with van der Waals surface area (Å²) in [5.74, 6) is 0. The van der Waals surface area contributed by atoms with E-state index < -0.39 is 9.85 Å². The zero-order chi connectivity index (χ0) is 33.2. The second kappa shape index (κ2) is 11.2. The molecule has 0 spiro atoms. The Morgan fingerprint density at radius 3 is 1.85 bits per heavy atom. The molecule has 0 fully saturated rings. The van der Waals surface area contributed by atoms with E-state index >= 15 is 0 Å². The van der Waals surface area contributed by atoms with Crippen LogP contribution in [0.1, 0.15) is 86.1 Å². The molecule has 10 heteroatoms. The number of H-pyrrole nitrogens is 2. The zero-order valence-corrected chi connectivity index (χ0v) is 27.3. The van der Waals surface area contributed by atoms with Crippen molar-refractivity contribution in [2.24, 2.45) is 0 Å². The number of aromatic amines is 2. The van der Waals surface area contributed by atoms with E-state index in [1.807, 2.05) is 84.9 Å². The molecule has 2 aliphatic heterocycles. The zero-order valence-electron chi connectivity index (χ0n) is 27.3. The number of allylic oxidation sites excluding steroid dienone is 4. The molecular formula is C36H36N6O4. The smallest absolute Gasteiger partial charge is 0.320 e. The second-order valence-electron chi connectivity index (χ2n) is 12.0. The summed E-state index contributed by atoms with van der Waals surface area (Å²) >= 11 is 0. The summed E-state index contributed by atoms with van der Waals surface area (Å²) in [6.45, 7) is 15.4. The molecule has 4 aromatic rings. The van der Waals surface area contributed by atoms with E-state index in [4.69, 9.17) is 9.97 Å². The average molecular weight is 617 g/mol. The molecule has 8 bridgehead atoms. The Morgan fingerprint density at radius 2 is 1.24 bits per heavy atom. The number of benzene rings is 1. The predicted octanol–water partition coefficient (Wildman–Crippen LogP) is 9.58. The number of hydrogen-bond donors (Lipinski definition) is 2. The van der Waals surface area contributed by atoms with E-state index in [1.165, 1.54) is 0 Å². The molecule has 0 saturated carbocycles. The summed E-state index contributed by atoms with van der Waals surface area (Å²) in [5, 5.41) is 25.8. The van der Waals surface area contributed by atoms with Gasteiger partial charge in [-0.15, -0.1) is 0 Å². The molecule has 0 unspecified atom stereocenters. The molecule has 0 aliphatic carbocycles. The largest absolute Gasteiger partial charge is 0.354 e. The van der Waals surface area contributed by atoms with Crippen molar-refractivity contribution in [1.29, 1.82) is 0 Å². The molecule has 0 atom stereocenters. The lowest BCUT2D eigenvalue weighted by molar-refractivity contribution is -0.385. The van der Waals surface area contributed by atoms with E-state index in [0.29, 0.717) is 40.8 Å². The molecule has 234 valence electrons. The van der Waals surface area contributed by atoms with Gasteiger partial charge in [-0.05, 0) is 111 Å². The van der Waals surface area contributed by atoms with E-state index in [9.17, 15) is 20.2 Å². The summed E-state index contributed by atoms with van der Waals surface area (Å²) in [6.07, 6.45) is 1.04. The number of nitrogens with zero attached hydrogens (tertiary/aromatic N) is 4. The van der Waals surface area contributed by atoms with Gasteiger partial charge in [0.25, 0.3) is 0 Å². The van der Waals surface area contributed by atoms with Gasteiger partial charge in [-0.1, -0.05) is 44.2 Å². The standard InChI is InChI=1S/C36H36N6O4/c1-9-24-21(7)32-35(41(43)44)33-22(8)25(10-2)34(40-33)36(42(45)46)31-20(6)19(5)30(39-31)28(23-14-12-11-13-15-23)29-18(4)17(3)26(37-29)16-27(24)38-32/h11-16,37-38H,9-10H2,1-8H3. The fraction of sp³-hybridized carbons (Fsp3) is 0.278. The highest BCUT2D eigenvalue weighted by Crippen LogP contribution is 2.46. The minimum Gasteiger partial charge on any atom is -0.354 e. The minimum absolute atomic E-state index is 0.112. The topological polar surface area (TPSA) is 144 Å². The summed E-state index contributed by atoms with van der Waals surface area (Å²) in [6, 6.07) is 11.9. The molecule has 10 nitrogen and oxygen atoms in total. The van der Waals surface area contributed by atoms with Gasteiger partial charge >= 0.3 is 11.4 Å². The van der Waals surface area contributed by atoms with Crippen LogP contribution >= 0.6 is 0 Å². The Balaban J connectivity index is 2.00. The Labute approximate surface area is 266 Å². The Kier molecular flexibility index (Phi) is 7.46. The first kappa shape index (κ1) is 30.6. The fourth-order valence-electron chi connectivity index (χ4n) is 6.86. The predicted molar refractivity (Wildman–Crippen MR) is 184 cm³/mol. The third-order valence-corrected chi connectivity index (χ3v) is 9.65. The molecule has 0 saturated heterocycles. The highest BCUT2D eigenvalue weighted by atomic mass is 16.6. The van der Waals surface area contributed by atoms with Crippen LogP contribution in [0.25, 0.3) is 55.5 Å². The monoisotopic (exact) mass is 616 g/mol. The molecule has 0 radical (unpaired) electrons. The van der Waals surface area contributed by atoms with Crippen molar-refractivity contribution in [2.75, 3.05) is 0 Å². The highest BCUT2D eigenvalue weighted by molar-refractivity contribution is 6.04. The van der Waals surface area contributed by atoms with Crippen LogP contribution in [0.4, 0.5) is 11.4 Å². The Hall–Kier alpha value is -5.38. The van der Waals surface area contributed by atoms with E-state index in [1.54, 1.807) is 6.92 Å². The third-order valence-electron chi connectivity index (χ3n) is 9.65. The average Bonchev–Trinajstić information content (AvgIpc) is 3.69. The van der Waals surface area contributed by atoms with Crippen LogP contribution in [0.5, 0.6) is 0 Å². The first-order chi connectivity index (χ1) is 21.9. The van der Waals surface area contributed by atoms with Gasteiger partial charge in [0, 0.05) is 16.6 Å². The van der Waals surface area contributed by atoms with Crippen LogP contribution in [0.2, 0.25) is 0 Å². The van der Waals surface area contributed by atoms with Gasteiger partial charge in [0.15, 0.2) is 0 Å². The molecule has 2 N–H and O–H groups in total. The van der Waals surface area contributed by atoms with Crippen LogP contribution in [0, 0.1) is 41.0 Å². The van der Waals surface area contributed by atoms with Crippen molar-refractivity contribution in [3.05, 3.63) is 102 Å². The third kappa shape index (κ3) is 4.47.